The van der Waals surface area contributed by atoms with E-state index in [4.69, 9.17) is 16.3 Å². The average molecular weight is 304 g/mol. The van der Waals surface area contributed by atoms with Gasteiger partial charge in [0.2, 0.25) is 0 Å². The van der Waals surface area contributed by atoms with Crippen molar-refractivity contribution in [2.45, 2.75) is 25.5 Å². The zero-order valence-electron chi connectivity index (χ0n) is 12.6. The van der Waals surface area contributed by atoms with E-state index in [0.29, 0.717) is 0 Å². The maximum atomic E-state index is 6.29. The molecule has 0 saturated carbocycles. The van der Waals surface area contributed by atoms with Crippen molar-refractivity contribution in [3.05, 3.63) is 70.7 Å². The predicted octanol–water partition coefficient (Wildman–Crippen LogP) is 4.25. The second-order valence-electron chi connectivity index (χ2n) is 5.03. The van der Waals surface area contributed by atoms with Gasteiger partial charge >= 0.3 is 0 Å². The van der Waals surface area contributed by atoms with Crippen molar-refractivity contribution in [3.63, 3.8) is 0 Å². The lowest BCUT2D eigenvalue weighted by atomic mass is 9.96. The molecule has 21 heavy (non-hydrogen) atoms. The maximum Gasteiger partial charge on any atom is 0.0977 e. The van der Waals surface area contributed by atoms with Crippen molar-refractivity contribution in [3.8, 4) is 0 Å². The molecule has 0 spiro atoms. The summed E-state index contributed by atoms with van der Waals surface area (Å²) < 4.78 is 5.76. The molecule has 1 N–H and O–H groups in total. The number of rotatable bonds is 7. The number of methoxy groups -OCH3 is 1. The number of hydrogen-bond donors (Lipinski definition) is 1. The number of halogens is 1. The Morgan fingerprint density at radius 1 is 1.05 bits per heavy atom. The van der Waals surface area contributed by atoms with Crippen LogP contribution in [-0.4, -0.2) is 19.7 Å². The smallest absolute Gasteiger partial charge is 0.0977 e. The molecule has 2 nitrogen and oxygen atoms in total. The molecular weight excluding hydrogens is 282 g/mol. The normalized spacial score (nSPS) is 13.9. The second kappa shape index (κ2) is 8.18. The Balaban J connectivity index is 2.23. The summed E-state index contributed by atoms with van der Waals surface area (Å²) in [5.41, 5.74) is 2.32. The molecule has 3 heteroatoms. The van der Waals surface area contributed by atoms with Crippen LogP contribution in [0.2, 0.25) is 5.02 Å². The van der Waals surface area contributed by atoms with Crippen LogP contribution in [0.3, 0.4) is 0 Å². The molecule has 0 aliphatic rings. The van der Waals surface area contributed by atoms with E-state index in [1.165, 1.54) is 5.56 Å². The molecule has 2 unspecified atom stereocenters. The standard InChI is InChI=1S/C18H22ClNO/c1-3-20-17(13-15-11-7-8-12-16(15)19)18(21-2)14-9-5-4-6-10-14/h4-12,17-18,20H,3,13H2,1-2H3. The monoisotopic (exact) mass is 303 g/mol. The fraction of sp³-hybridized carbons (Fsp3) is 0.333. The van der Waals surface area contributed by atoms with Crippen LogP contribution in [0.25, 0.3) is 0 Å². The summed E-state index contributed by atoms with van der Waals surface area (Å²) in [5.74, 6) is 0. The highest BCUT2D eigenvalue weighted by Gasteiger charge is 2.23. The van der Waals surface area contributed by atoms with E-state index >= 15 is 0 Å². The lowest BCUT2D eigenvalue weighted by Crippen LogP contribution is -2.37. The van der Waals surface area contributed by atoms with Gasteiger partial charge in [0.1, 0.15) is 0 Å². The molecule has 2 atom stereocenters. The van der Waals surface area contributed by atoms with Crippen LogP contribution < -0.4 is 5.32 Å². The lowest BCUT2D eigenvalue weighted by Gasteiger charge is -2.27. The van der Waals surface area contributed by atoms with E-state index in [1.807, 2.05) is 36.4 Å². The van der Waals surface area contributed by atoms with E-state index in [9.17, 15) is 0 Å². The fourth-order valence-electron chi connectivity index (χ4n) is 2.62. The van der Waals surface area contributed by atoms with Gasteiger partial charge < -0.3 is 10.1 Å². The van der Waals surface area contributed by atoms with Crippen LogP contribution in [0.5, 0.6) is 0 Å². The first kappa shape index (κ1) is 16.0. The summed E-state index contributed by atoms with van der Waals surface area (Å²) in [6.45, 7) is 3.00. The van der Waals surface area contributed by atoms with E-state index in [2.05, 4.69) is 30.4 Å². The zero-order valence-corrected chi connectivity index (χ0v) is 13.3. The molecule has 2 aromatic carbocycles. The van der Waals surface area contributed by atoms with E-state index in [-0.39, 0.29) is 12.1 Å². The molecule has 0 fully saturated rings. The highest BCUT2D eigenvalue weighted by molar-refractivity contribution is 6.31. The Labute approximate surface area is 132 Å². The largest absolute Gasteiger partial charge is 0.375 e. The first-order valence-electron chi connectivity index (χ1n) is 7.30. The molecule has 0 aromatic heterocycles. The number of ether oxygens (including phenoxy) is 1. The van der Waals surface area contributed by atoms with Crippen LogP contribution in [0.15, 0.2) is 54.6 Å². The quantitative estimate of drug-likeness (QED) is 0.825. The summed E-state index contributed by atoms with van der Waals surface area (Å²) in [7, 11) is 1.76. The van der Waals surface area contributed by atoms with Gasteiger partial charge in [0.25, 0.3) is 0 Å². The average Bonchev–Trinajstić information content (AvgIpc) is 2.51. The zero-order chi connectivity index (χ0) is 15.1. The van der Waals surface area contributed by atoms with Gasteiger partial charge in [-0.05, 0) is 30.2 Å². The van der Waals surface area contributed by atoms with Crippen LogP contribution in [0, 0.1) is 0 Å². The van der Waals surface area contributed by atoms with Gasteiger partial charge in [-0.15, -0.1) is 0 Å². The highest BCUT2D eigenvalue weighted by Crippen LogP contribution is 2.25. The van der Waals surface area contributed by atoms with Gasteiger partial charge in [0.05, 0.1) is 6.10 Å². The molecule has 0 amide bonds. The minimum atomic E-state index is 0.00224. The van der Waals surface area contributed by atoms with Gasteiger partial charge in [0.15, 0.2) is 0 Å². The van der Waals surface area contributed by atoms with Crippen LogP contribution in [-0.2, 0) is 11.2 Å². The molecule has 112 valence electrons. The molecule has 0 saturated heterocycles. The van der Waals surface area contributed by atoms with Crippen molar-refractivity contribution in [1.82, 2.24) is 5.32 Å². The minimum Gasteiger partial charge on any atom is -0.375 e. The number of likely N-dealkylation sites (N-methyl/N-ethyl adjacent to an activating group) is 1. The minimum absolute atomic E-state index is 0.00224. The molecule has 0 aliphatic heterocycles. The summed E-state index contributed by atoms with van der Waals surface area (Å²) in [5, 5.41) is 4.33. The molecule has 0 aliphatic carbocycles. The van der Waals surface area contributed by atoms with Gasteiger partial charge in [-0.3, -0.25) is 0 Å². The van der Waals surface area contributed by atoms with Crippen molar-refractivity contribution >= 4 is 11.6 Å². The summed E-state index contributed by atoms with van der Waals surface area (Å²) in [6, 6.07) is 18.5. The van der Waals surface area contributed by atoms with Gasteiger partial charge in [-0.25, -0.2) is 0 Å². The van der Waals surface area contributed by atoms with E-state index in [1.54, 1.807) is 7.11 Å². The first-order valence-corrected chi connectivity index (χ1v) is 7.68. The van der Waals surface area contributed by atoms with Crippen LogP contribution >= 0.6 is 11.6 Å². The lowest BCUT2D eigenvalue weighted by molar-refractivity contribution is 0.0684. The van der Waals surface area contributed by atoms with Crippen molar-refractivity contribution in [1.29, 1.82) is 0 Å². The summed E-state index contributed by atoms with van der Waals surface area (Å²) >= 11 is 6.29. The van der Waals surface area contributed by atoms with Crippen LogP contribution in [0.4, 0.5) is 0 Å². The third-order valence-corrected chi connectivity index (χ3v) is 3.98. The fourth-order valence-corrected chi connectivity index (χ4v) is 2.84. The Morgan fingerprint density at radius 2 is 1.71 bits per heavy atom. The highest BCUT2D eigenvalue weighted by atomic mass is 35.5. The first-order chi connectivity index (χ1) is 10.3. The number of benzene rings is 2. The third-order valence-electron chi connectivity index (χ3n) is 3.61. The van der Waals surface area contributed by atoms with E-state index < -0.39 is 0 Å². The third kappa shape index (κ3) is 4.31. The van der Waals surface area contributed by atoms with E-state index in [0.717, 1.165) is 23.6 Å². The summed E-state index contributed by atoms with van der Waals surface area (Å²) in [4.78, 5) is 0. The van der Waals surface area contributed by atoms with Crippen molar-refractivity contribution in [2.24, 2.45) is 0 Å². The topological polar surface area (TPSA) is 21.3 Å². The number of nitrogens with one attached hydrogen (secondary N) is 1. The van der Waals surface area contributed by atoms with Gasteiger partial charge in [0, 0.05) is 18.2 Å². The van der Waals surface area contributed by atoms with Crippen molar-refractivity contribution in [2.75, 3.05) is 13.7 Å². The summed E-state index contributed by atoms with van der Waals surface area (Å²) in [6.07, 6.45) is 0.836. The Kier molecular flexibility index (Phi) is 6.24. The molecule has 2 rings (SSSR count). The predicted molar refractivity (Wildman–Crippen MR) is 88.8 cm³/mol. The molecule has 0 bridgehead atoms. The maximum absolute atomic E-state index is 6.29. The van der Waals surface area contributed by atoms with Gasteiger partial charge in [-0.1, -0.05) is 67.1 Å². The SMILES string of the molecule is CCNC(Cc1ccccc1Cl)C(OC)c1ccccc1. The van der Waals surface area contributed by atoms with Crippen molar-refractivity contribution < 1.29 is 4.74 Å². The molecule has 0 heterocycles. The Morgan fingerprint density at radius 3 is 2.33 bits per heavy atom. The molecule has 0 radical (unpaired) electrons. The molecule has 2 aromatic rings. The van der Waals surface area contributed by atoms with Gasteiger partial charge in [-0.2, -0.15) is 0 Å². The number of hydrogen-bond acceptors (Lipinski definition) is 2. The van der Waals surface area contributed by atoms with Crippen LogP contribution in [0.1, 0.15) is 24.2 Å². The Hall–Kier alpha value is -1.35. The molecular formula is C18H22ClNO. The Bertz CT molecular complexity index is 544. The second-order valence-corrected chi connectivity index (χ2v) is 5.43.